The molecule has 1 aromatic heterocycles. The van der Waals surface area contributed by atoms with Crippen LogP contribution in [0.1, 0.15) is 50.3 Å². The Labute approximate surface area is 118 Å². The number of nitrogens with one attached hydrogen (secondary N) is 1. The van der Waals surface area contributed by atoms with E-state index in [1.165, 1.54) is 24.4 Å². The highest BCUT2D eigenvalue weighted by atomic mass is 32.1. The zero-order valence-corrected chi connectivity index (χ0v) is 12.0. The van der Waals surface area contributed by atoms with E-state index in [0.717, 1.165) is 49.8 Å². The van der Waals surface area contributed by atoms with E-state index in [4.69, 9.17) is 10.5 Å². The highest BCUT2D eigenvalue weighted by Crippen LogP contribution is 2.39. The van der Waals surface area contributed by atoms with Crippen LogP contribution in [0.4, 0.5) is 5.13 Å². The maximum Gasteiger partial charge on any atom is 0.202 e. The molecule has 2 saturated carbocycles. The normalized spacial score (nSPS) is 27.4. The van der Waals surface area contributed by atoms with Crippen LogP contribution < -0.4 is 11.1 Å². The van der Waals surface area contributed by atoms with Gasteiger partial charge in [-0.2, -0.15) is 4.37 Å². The van der Waals surface area contributed by atoms with Gasteiger partial charge in [-0.05, 0) is 38.5 Å². The summed E-state index contributed by atoms with van der Waals surface area (Å²) in [6.07, 6.45) is 7.31. The molecule has 19 heavy (non-hydrogen) atoms. The predicted octanol–water partition coefficient (Wildman–Crippen LogP) is 2.11. The first-order chi connectivity index (χ1) is 9.31. The molecule has 0 radical (unpaired) electrons. The van der Waals surface area contributed by atoms with Crippen LogP contribution in [0.15, 0.2) is 0 Å². The second-order valence-electron chi connectivity index (χ2n) is 5.57. The Morgan fingerprint density at radius 3 is 2.74 bits per heavy atom. The van der Waals surface area contributed by atoms with Crippen LogP contribution in [-0.4, -0.2) is 34.7 Å². The fourth-order valence-electron chi connectivity index (χ4n) is 2.45. The maximum atomic E-state index is 5.88. The third kappa shape index (κ3) is 3.87. The van der Waals surface area contributed by atoms with Gasteiger partial charge in [0.25, 0.3) is 0 Å². The summed E-state index contributed by atoms with van der Waals surface area (Å²) in [4.78, 5) is 4.49. The summed E-state index contributed by atoms with van der Waals surface area (Å²) in [5.74, 6) is 1.66. The Morgan fingerprint density at radius 2 is 2.00 bits per heavy atom. The molecule has 0 spiro atoms. The quantitative estimate of drug-likeness (QED) is 0.782. The van der Waals surface area contributed by atoms with Gasteiger partial charge in [0.15, 0.2) is 0 Å². The molecule has 0 aliphatic heterocycles. The number of ether oxygens (including phenoxy) is 1. The minimum atomic E-state index is 0.389. The Kier molecular flexibility index (Phi) is 4.30. The number of nitrogens with zero attached hydrogens (tertiary/aromatic N) is 2. The van der Waals surface area contributed by atoms with Crippen molar-refractivity contribution in [2.45, 2.75) is 56.6 Å². The van der Waals surface area contributed by atoms with Gasteiger partial charge < -0.3 is 15.8 Å². The molecule has 0 bridgehead atoms. The average Bonchev–Trinajstić information content (AvgIpc) is 3.17. The molecule has 3 rings (SSSR count). The van der Waals surface area contributed by atoms with E-state index in [2.05, 4.69) is 14.7 Å². The third-order valence-electron chi connectivity index (χ3n) is 3.83. The summed E-state index contributed by atoms with van der Waals surface area (Å²) in [6.45, 7) is 1.54. The van der Waals surface area contributed by atoms with Gasteiger partial charge in [0.1, 0.15) is 5.82 Å². The number of hydrogen-bond donors (Lipinski definition) is 2. The molecule has 0 amide bonds. The highest BCUT2D eigenvalue weighted by molar-refractivity contribution is 7.09. The SMILES string of the molecule is NC1CCC(OCCNc2nc(C3CC3)ns2)CC1. The Balaban J connectivity index is 1.31. The van der Waals surface area contributed by atoms with Crippen molar-refractivity contribution in [3.8, 4) is 0 Å². The molecule has 1 heterocycles. The second-order valence-corrected chi connectivity index (χ2v) is 6.32. The summed E-state index contributed by atoms with van der Waals surface area (Å²) in [5.41, 5.74) is 5.88. The fraction of sp³-hybridized carbons (Fsp3) is 0.846. The van der Waals surface area contributed by atoms with Crippen molar-refractivity contribution in [3.63, 3.8) is 0 Å². The highest BCUT2D eigenvalue weighted by Gasteiger charge is 2.27. The molecule has 0 saturated heterocycles. The number of aromatic nitrogens is 2. The summed E-state index contributed by atoms with van der Waals surface area (Å²) in [7, 11) is 0. The average molecular weight is 282 g/mol. The van der Waals surface area contributed by atoms with Crippen LogP contribution in [0.3, 0.4) is 0 Å². The molecule has 106 valence electrons. The summed E-state index contributed by atoms with van der Waals surface area (Å²) in [5, 5.41) is 4.22. The fourth-order valence-corrected chi connectivity index (χ4v) is 3.12. The molecular formula is C13H22N4OS. The van der Waals surface area contributed by atoms with Crippen molar-refractivity contribution in [2.24, 2.45) is 5.73 Å². The van der Waals surface area contributed by atoms with Crippen LogP contribution in [0.2, 0.25) is 0 Å². The first-order valence-corrected chi connectivity index (χ1v) is 8.03. The standard InChI is InChI=1S/C13H22N4OS/c14-10-3-5-11(6-4-10)18-8-7-15-13-16-12(17-19-13)9-1-2-9/h9-11H,1-8,14H2,(H,15,16,17). The molecule has 0 atom stereocenters. The van der Waals surface area contributed by atoms with Crippen molar-refractivity contribution in [3.05, 3.63) is 5.82 Å². The van der Waals surface area contributed by atoms with Gasteiger partial charge in [0, 0.05) is 30.0 Å². The van der Waals surface area contributed by atoms with Crippen molar-refractivity contribution >= 4 is 16.7 Å². The van der Waals surface area contributed by atoms with Crippen molar-refractivity contribution < 1.29 is 4.74 Å². The predicted molar refractivity (Wildman–Crippen MR) is 76.6 cm³/mol. The van der Waals surface area contributed by atoms with Gasteiger partial charge in [-0.3, -0.25) is 0 Å². The molecule has 2 aliphatic carbocycles. The van der Waals surface area contributed by atoms with E-state index in [1.807, 2.05) is 0 Å². The number of rotatable bonds is 6. The lowest BCUT2D eigenvalue weighted by molar-refractivity contribution is 0.0313. The number of hydrogen-bond acceptors (Lipinski definition) is 6. The lowest BCUT2D eigenvalue weighted by atomic mass is 9.94. The van der Waals surface area contributed by atoms with Gasteiger partial charge >= 0.3 is 0 Å². The van der Waals surface area contributed by atoms with Gasteiger partial charge in [-0.1, -0.05) is 0 Å². The number of nitrogens with two attached hydrogens (primary N) is 1. The van der Waals surface area contributed by atoms with E-state index < -0.39 is 0 Å². The van der Waals surface area contributed by atoms with Gasteiger partial charge in [0.05, 0.1) is 12.7 Å². The molecule has 0 aromatic carbocycles. The largest absolute Gasteiger partial charge is 0.376 e. The second kappa shape index (κ2) is 6.15. The lowest BCUT2D eigenvalue weighted by Gasteiger charge is -2.26. The van der Waals surface area contributed by atoms with E-state index in [1.54, 1.807) is 0 Å². The van der Waals surface area contributed by atoms with Crippen LogP contribution >= 0.6 is 11.5 Å². The zero-order chi connectivity index (χ0) is 13.1. The maximum absolute atomic E-state index is 5.88. The molecular weight excluding hydrogens is 260 g/mol. The minimum Gasteiger partial charge on any atom is -0.376 e. The molecule has 0 unspecified atom stereocenters. The summed E-state index contributed by atoms with van der Waals surface area (Å²) >= 11 is 1.46. The van der Waals surface area contributed by atoms with Gasteiger partial charge in [0.2, 0.25) is 5.13 Å². The molecule has 1 aromatic rings. The molecule has 3 N–H and O–H groups in total. The molecule has 2 fully saturated rings. The van der Waals surface area contributed by atoms with Crippen LogP contribution in [0, 0.1) is 0 Å². The lowest BCUT2D eigenvalue weighted by Crippen LogP contribution is -2.31. The Hall–Kier alpha value is -0.720. The van der Waals surface area contributed by atoms with Gasteiger partial charge in [-0.25, -0.2) is 4.98 Å². The molecule has 6 heteroatoms. The smallest absolute Gasteiger partial charge is 0.202 e. The van der Waals surface area contributed by atoms with E-state index in [-0.39, 0.29) is 0 Å². The monoisotopic (exact) mass is 282 g/mol. The zero-order valence-electron chi connectivity index (χ0n) is 11.2. The van der Waals surface area contributed by atoms with Crippen LogP contribution in [0.5, 0.6) is 0 Å². The molecule has 2 aliphatic rings. The van der Waals surface area contributed by atoms with E-state index in [9.17, 15) is 0 Å². The Morgan fingerprint density at radius 1 is 1.21 bits per heavy atom. The van der Waals surface area contributed by atoms with Crippen LogP contribution in [0.25, 0.3) is 0 Å². The first kappa shape index (κ1) is 13.3. The Bertz CT molecular complexity index is 399. The van der Waals surface area contributed by atoms with Crippen LogP contribution in [-0.2, 0) is 4.74 Å². The summed E-state index contributed by atoms with van der Waals surface area (Å²) in [6, 6.07) is 0.389. The van der Waals surface area contributed by atoms with Crippen molar-refractivity contribution in [1.29, 1.82) is 0 Å². The van der Waals surface area contributed by atoms with Gasteiger partial charge in [-0.15, -0.1) is 0 Å². The molecule has 5 nitrogen and oxygen atoms in total. The van der Waals surface area contributed by atoms with Crippen molar-refractivity contribution in [2.75, 3.05) is 18.5 Å². The first-order valence-electron chi connectivity index (χ1n) is 7.26. The van der Waals surface area contributed by atoms with E-state index in [0.29, 0.717) is 18.1 Å². The topological polar surface area (TPSA) is 73.1 Å². The number of anilines is 1. The third-order valence-corrected chi connectivity index (χ3v) is 4.52. The van der Waals surface area contributed by atoms with Crippen molar-refractivity contribution in [1.82, 2.24) is 9.36 Å². The minimum absolute atomic E-state index is 0.389. The summed E-state index contributed by atoms with van der Waals surface area (Å²) < 4.78 is 10.2. The van der Waals surface area contributed by atoms with E-state index >= 15 is 0 Å².